The first-order valence-electron chi connectivity index (χ1n) is 8.79. The first-order valence-corrected chi connectivity index (χ1v) is 9.67. The Labute approximate surface area is 152 Å². The lowest BCUT2D eigenvalue weighted by atomic mass is 10.0. The summed E-state index contributed by atoms with van der Waals surface area (Å²) in [6.45, 7) is 1.99. The first kappa shape index (κ1) is 18.0. The lowest BCUT2D eigenvalue weighted by Crippen LogP contribution is -2.32. The average Bonchev–Trinajstić information content (AvgIpc) is 3.25. The predicted octanol–water partition coefficient (Wildman–Crippen LogP) is 3.66. The Morgan fingerprint density at radius 1 is 1.44 bits per heavy atom. The molecule has 2 aromatic rings. The van der Waals surface area contributed by atoms with Crippen molar-refractivity contribution in [3.8, 4) is 5.75 Å². The molecule has 3 atom stereocenters. The van der Waals surface area contributed by atoms with Crippen molar-refractivity contribution in [2.75, 3.05) is 13.7 Å². The third-order valence-electron chi connectivity index (χ3n) is 4.75. The van der Waals surface area contributed by atoms with E-state index in [1.165, 1.54) is 10.4 Å². The standard InChI is InChI=1S/C20H25NO3S/c1-3-5-13-7-8-14(18(10-13)24-2)17(12-22)21-20(23)16-11-15(16)19-6-4-9-25-19/h4,6-10,15-17,22H,3,5,11-12H2,1-2H3,(H,21,23)/t15-,16-,17-/m0/s1. The lowest BCUT2D eigenvalue weighted by molar-refractivity contribution is -0.123. The molecule has 1 fully saturated rings. The zero-order chi connectivity index (χ0) is 17.8. The number of carbonyl (C=O) groups excluding carboxylic acids is 1. The third kappa shape index (κ3) is 4.05. The van der Waals surface area contributed by atoms with Crippen LogP contribution in [0.3, 0.4) is 0 Å². The maximum Gasteiger partial charge on any atom is 0.224 e. The normalized spacial score (nSPS) is 20.1. The number of ether oxygens (including phenoxy) is 1. The Bertz CT molecular complexity index is 714. The molecule has 1 aliphatic rings. The Morgan fingerprint density at radius 3 is 2.92 bits per heavy atom. The van der Waals surface area contributed by atoms with Gasteiger partial charge in [-0.2, -0.15) is 0 Å². The Hall–Kier alpha value is -1.85. The van der Waals surface area contributed by atoms with Crippen molar-refractivity contribution in [1.82, 2.24) is 5.32 Å². The van der Waals surface area contributed by atoms with Gasteiger partial charge >= 0.3 is 0 Å². The molecule has 0 bridgehead atoms. The molecule has 0 saturated heterocycles. The van der Waals surface area contributed by atoms with Gasteiger partial charge in [0.05, 0.1) is 19.8 Å². The number of benzene rings is 1. The number of hydrogen-bond acceptors (Lipinski definition) is 4. The van der Waals surface area contributed by atoms with Gasteiger partial charge in [-0.25, -0.2) is 0 Å². The van der Waals surface area contributed by atoms with E-state index < -0.39 is 6.04 Å². The SMILES string of the molecule is CCCc1ccc([C@H](CO)NC(=O)[C@H]2C[C@@H]2c2cccs2)c(OC)c1. The number of aliphatic hydroxyl groups is 1. The molecule has 0 aliphatic heterocycles. The lowest BCUT2D eigenvalue weighted by Gasteiger charge is -2.20. The molecule has 134 valence electrons. The zero-order valence-corrected chi connectivity index (χ0v) is 15.5. The number of aryl methyl sites for hydroxylation is 1. The Balaban J connectivity index is 1.69. The van der Waals surface area contributed by atoms with Gasteiger partial charge in [0, 0.05) is 22.3 Å². The average molecular weight is 359 g/mol. The van der Waals surface area contributed by atoms with E-state index in [1.54, 1.807) is 18.4 Å². The van der Waals surface area contributed by atoms with Crippen LogP contribution in [-0.4, -0.2) is 24.7 Å². The first-order chi connectivity index (χ1) is 12.2. The monoisotopic (exact) mass is 359 g/mol. The molecule has 25 heavy (non-hydrogen) atoms. The third-order valence-corrected chi connectivity index (χ3v) is 5.75. The summed E-state index contributed by atoms with van der Waals surface area (Å²) in [7, 11) is 1.62. The molecular weight excluding hydrogens is 334 g/mol. The molecule has 1 heterocycles. The van der Waals surface area contributed by atoms with Crippen molar-refractivity contribution < 1.29 is 14.6 Å². The van der Waals surface area contributed by atoms with Gasteiger partial charge in [0.2, 0.25) is 5.91 Å². The number of thiophene rings is 1. The maximum atomic E-state index is 12.6. The van der Waals surface area contributed by atoms with E-state index in [0.29, 0.717) is 5.92 Å². The second-order valence-corrected chi connectivity index (χ2v) is 7.51. The van der Waals surface area contributed by atoms with Crippen molar-refractivity contribution in [1.29, 1.82) is 0 Å². The van der Waals surface area contributed by atoms with Crippen LogP contribution in [0.2, 0.25) is 0 Å². The van der Waals surface area contributed by atoms with Gasteiger partial charge in [0.1, 0.15) is 5.75 Å². The molecule has 3 rings (SSSR count). The van der Waals surface area contributed by atoms with Crippen molar-refractivity contribution in [3.63, 3.8) is 0 Å². The van der Waals surface area contributed by atoms with Crippen molar-refractivity contribution >= 4 is 17.2 Å². The summed E-state index contributed by atoms with van der Waals surface area (Å²) in [5, 5.41) is 14.8. The molecular formula is C20H25NO3S. The highest BCUT2D eigenvalue weighted by Crippen LogP contribution is 2.49. The second-order valence-electron chi connectivity index (χ2n) is 6.53. The van der Waals surface area contributed by atoms with Crippen LogP contribution in [0, 0.1) is 5.92 Å². The minimum Gasteiger partial charge on any atom is -0.496 e. The van der Waals surface area contributed by atoms with E-state index in [9.17, 15) is 9.90 Å². The van der Waals surface area contributed by atoms with Crippen LogP contribution in [0.25, 0.3) is 0 Å². The van der Waals surface area contributed by atoms with Gasteiger partial charge in [-0.05, 0) is 35.9 Å². The molecule has 1 amide bonds. The molecule has 2 N–H and O–H groups in total. The molecule has 0 spiro atoms. The van der Waals surface area contributed by atoms with E-state index >= 15 is 0 Å². The fourth-order valence-electron chi connectivity index (χ4n) is 3.29. The number of carbonyl (C=O) groups is 1. The van der Waals surface area contributed by atoms with Crippen LogP contribution < -0.4 is 10.1 Å². The number of hydrogen-bond donors (Lipinski definition) is 2. The van der Waals surface area contributed by atoms with Crippen LogP contribution in [0.4, 0.5) is 0 Å². The van der Waals surface area contributed by atoms with Crippen LogP contribution in [0.15, 0.2) is 35.7 Å². The van der Waals surface area contributed by atoms with Crippen LogP contribution in [0.1, 0.15) is 47.7 Å². The van der Waals surface area contributed by atoms with Gasteiger partial charge in [-0.15, -0.1) is 11.3 Å². The smallest absolute Gasteiger partial charge is 0.224 e. The summed E-state index contributed by atoms with van der Waals surface area (Å²) in [6.07, 6.45) is 2.93. The van der Waals surface area contributed by atoms with Gasteiger partial charge < -0.3 is 15.2 Å². The largest absolute Gasteiger partial charge is 0.496 e. The summed E-state index contributed by atoms with van der Waals surface area (Å²) in [5.74, 6) is 1.07. The molecule has 1 aromatic carbocycles. The van der Waals surface area contributed by atoms with Crippen LogP contribution >= 0.6 is 11.3 Å². The van der Waals surface area contributed by atoms with Gasteiger partial charge in [-0.1, -0.05) is 31.5 Å². The number of methoxy groups -OCH3 is 1. The minimum absolute atomic E-state index is 0.0112. The summed E-state index contributed by atoms with van der Waals surface area (Å²) < 4.78 is 5.49. The molecule has 4 nitrogen and oxygen atoms in total. The van der Waals surface area contributed by atoms with Crippen molar-refractivity contribution in [2.24, 2.45) is 5.92 Å². The number of aliphatic hydroxyl groups excluding tert-OH is 1. The summed E-state index contributed by atoms with van der Waals surface area (Å²) >= 11 is 1.70. The topological polar surface area (TPSA) is 58.6 Å². The number of rotatable bonds is 8. The molecule has 1 aromatic heterocycles. The molecule has 5 heteroatoms. The number of nitrogens with one attached hydrogen (secondary N) is 1. The summed E-state index contributed by atoms with van der Waals surface area (Å²) in [6, 6.07) is 9.66. The fraction of sp³-hybridized carbons (Fsp3) is 0.450. The van der Waals surface area contributed by atoms with Gasteiger partial charge in [0.25, 0.3) is 0 Å². The molecule has 1 saturated carbocycles. The zero-order valence-electron chi connectivity index (χ0n) is 14.7. The van der Waals surface area contributed by atoms with E-state index in [4.69, 9.17) is 4.74 Å². The van der Waals surface area contributed by atoms with E-state index in [1.807, 2.05) is 29.6 Å². The summed E-state index contributed by atoms with van der Waals surface area (Å²) in [5.41, 5.74) is 2.03. The highest BCUT2D eigenvalue weighted by Gasteiger charge is 2.45. The summed E-state index contributed by atoms with van der Waals surface area (Å²) in [4.78, 5) is 13.8. The quantitative estimate of drug-likeness (QED) is 0.756. The van der Waals surface area contributed by atoms with Crippen LogP contribution in [0.5, 0.6) is 5.75 Å². The maximum absolute atomic E-state index is 12.6. The molecule has 0 unspecified atom stereocenters. The Morgan fingerprint density at radius 2 is 2.28 bits per heavy atom. The van der Waals surface area contributed by atoms with Gasteiger partial charge in [-0.3, -0.25) is 4.79 Å². The van der Waals surface area contributed by atoms with Crippen LogP contribution in [-0.2, 0) is 11.2 Å². The van der Waals surface area contributed by atoms with Crippen molar-refractivity contribution in [3.05, 3.63) is 51.7 Å². The van der Waals surface area contributed by atoms with E-state index in [0.717, 1.165) is 30.6 Å². The number of amides is 1. The minimum atomic E-state index is -0.442. The molecule has 0 radical (unpaired) electrons. The van der Waals surface area contributed by atoms with E-state index in [-0.39, 0.29) is 18.4 Å². The van der Waals surface area contributed by atoms with Gasteiger partial charge in [0.15, 0.2) is 0 Å². The predicted molar refractivity (Wildman–Crippen MR) is 100 cm³/mol. The second kappa shape index (κ2) is 8.02. The molecule has 1 aliphatic carbocycles. The highest BCUT2D eigenvalue weighted by molar-refractivity contribution is 7.10. The van der Waals surface area contributed by atoms with Crippen molar-refractivity contribution in [2.45, 2.75) is 38.1 Å². The Kier molecular flexibility index (Phi) is 5.76. The fourth-order valence-corrected chi connectivity index (χ4v) is 4.20. The van der Waals surface area contributed by atoms with E-state index in [2.05, 4.69) is 18.3 Å². The highest BCUT2D eigenvalue weighted by atomic mass is 32.1.